The van der Waals surface area contributed by atoms with E-state index in [4.69, 9.17) is 0 Å². The molecule has 0 aliphatic carbocycles. The summed E-state index contributed by atoms with van der Waals surface area (Å²) < 4.78 is 3.71. The number of nitrogens with one attached hydrogen (secondary N) is 1. The molecule has 0 aliphatic heterocycles. The second kappa shape index (κ2) is 7.34. The van der Waals surface area contributed by atoms with Crippen LogP contribution in [0.15, 0.2) is 47.4 Å². The van der Waals surface area contributed by atoms with Crippen molar-refractivity contribution in [2.75, 3.05) is 5.32 Å². The molecule has 1 aromatic carbocycles. The predicted molar refractivity (Wildman–Crippen MR) is 98.7 cm³/mol. The highest BCUT2D eigenvalue weighted by atomic mass is 16.1. The number of hydrogen-bond acceptors (Lipinski definition) is 3. The molecule has 0 atom stereocenters. The zero-order valence-electron chi connectivity index (χ0n) is 14.5. The first kappa shape index (κ1) is 17.0. The molecule has 0 fully saturated rings. The Bertz CT molecular complexity index is 955. The Hall–Kier alpha value is -2.89. The SMILES string of the molecule is CCCC(=O)Nc1ccc2c(c1)nc(CCn1ccccc1=O)n2C. The molecule has 130 valence electrons. The quantitative estimate of drug-likeness (QED) is 0.751. The zero-order chi connectivity index (χ0) is 17.8. The van der Waals surface area contributed by atoms with E-state index in [2.05, 4.69) is 10.3 Å². The number of aryl methyl sites for hydroxylation is 3. The van der Waals surface area contributed by atoms with Crippen molar-refractivity contribution in [3.05, 3.63) is 58.8 Å². The van der Waals surface area contributed by atoms with Gasteiger partial charge in [0.05, 0.1) is 11.0 Å². The molecule has 0 aliphatic rings. The second-order valence-corrected chi connectivity index (χ2v) is 6.07. The lowest BCUT2D eigenvalue weighted by Crippen LogP contribution is -2.19. The third-order valence-electron chi connectivity index (χ3n) is 4.21. The number of carbonyl (C=O) groups excluding carboxylic acids is 1. The standard InChI is InChI=1S/C19H22N4O2/c1-3-6-18(24)20-14-8-9-16-15(13-14)21-17(22(16)2)10-12-23-11-5-4-7-19(23)25/h4-5,7-9,11,13H,3,6,10,12H2,1-2H3,(H,20,24). The van der Waals surface area contributed by atoms with Crippen LogP contribution in [0.5, 0.6) is 0 Å². The number of benzene rings is 1. The fourth-order valence-electron chi connectivity index (χ4n) is 2.87. The Labute approximate surface area is 146 Å². The molecule has 0 radical (unpaired) electrons. The number of hydrogen-bond donors (Lipinski definition) is 1. The van der Waals surface area contributed by atoms with E-state index >= 15 is 0 Å². The first-order chi connectivity index (χ1) is 12.1. The average Bonchev–Trinajstić information content (AvgIpc) is 2.90. The number of imidazole rings is 1. The van der Waals surface area contributed by atoms with Gasteiger partial charge in [0.2, 0.25) is 5.91 Å². The van der Waals surface area contributed by atoms with E-state index < -0.39 is 0 Å². The molecule has 0 saturated heterocycles. The minimum atomic E-state index is -0.0119. The van der Waals surface area contributed by atoms with Gasteiger partial charge in [-0.25, -0.2) is 4.98 Å². The van der Waals surface area contributed by atoms with Crippen molar-refractivity contribution in [3.8, 4) is 0 Å². The average molecular weight is 338 g/mol. The Kier molecular flexibility index (Phi) is 4.97. The first-order valence-electron chi connectivity index (χ1n) is 8.49. The van der Waals surface area contributed by atoms with Crippen LogP contribution in [0.2, 0.25) is 0 Å². The molecule has 2 heterocycles. The lowest BCUT2D eigenvalue weighted by Gasteiger charge is -2.05. The number of rotatable bonds is 6. The van der Waals surface area contributed by atoms with Gasteiger partial charge in [-0.3, -0.25) is 9.59 Å². The lowest BCUT2D eigenvalue weighted by atomic mass is 10.2. The molecular formula is C19H22N4O2. The summed E-state index contributed by atoms with van der Waals surface area (Å²) in [6, 6.07) is 10.9. The van der Waals surface area contributed by atoms with Crippen molar-refractivity contribution >= 4 is 22.6 Å². The zero-order valence-corrected chi connectivity index (χ0v) is 14.5. The van der Waals surface area contributed by atoms with Crippen LogP contribution in [-0.4, -0.2) is 20.0 Å². The van der Waals surface area contributed by atoms with Gasteiger partial charge in [-0.05, 0) is 30.7 Å². The van der Waals surface area contributed by atoms with Crippen molar-refractivity contribution in [2.24, 2.45) is 7.05 Å². The molecule has 0 spiro atoms. The Morgan fingerprint density at radius 3 is 2.84 bits per heavy atom. The fourth-order valence-corrected chi connectivity index (χ4v) is 2.87. The van der Waals surface area contributed by atoms with Crippen LogP contribution in [0.4, 0.5) is 5.69 Å². The van der Waals surface area contributed by atoms with Gasteiger partial charge < -0.3 is 14.5 Å². The fraction of sp³-hybridized carbons (Fsp3) is 0.316. The first-order valence-corrected chi connectivity index (χ1v) is 8.49. The maximum Gasteiger partial charge on any atom is 0.250 e. The van der Waals surface area contributed by atoms with E-state index in [1.54, 1.807) is 22.9 Å². The molecule has 1 amide bonds. The van der Waals surface area contributed by atoms with Crippen molar-refractivity contribution in [1.82, 2.24) is 14.1 Å². The number of amides is 1. The van der Waals surface area contributed by atoms with E-state index in [0.29, 0.717) is 19.4 Å². The van der Waals surface area contributed by atoms with E-state index in [9.17, 15) is 9.59 Å². The molecule has 2 aromatic heterocycles. The van der Waals surface area contributed by atoms with Gasteiger partial charge in [-0.1, -0.05) is 13.0 Å². The van der Waals surface area contributed by atoms with E-state index in [0.717, 1.165) is 29.0 Å². The Morgan fingerprint density at radius 2 is 2.08 bits per heavy atom. The van der Waals surface area contributed by atoms with Gasteiger partial charge in [0.1, 0.15) is 5.82 Å². The topological polar surface area (TPSA) is 68.9 Å². The molecule has 0 bridgehead atoms. The third kappa shape index (κ3) is 3.79. The number of nitrogens with zero attached hydrogens (tertiary/aromatic N) is 3. The van der Waals surface area contributed by atoms with Crippen LogP contribution in [0, 0.1) is 0 Å². The summed E-state index contributed by atoms with van der Waals surface area (Å²) in [5.41, 5.74) is 2.59. The molecule has 1 N–H and O–H groups in total. The number of carbonyl (C=O) groups is 1. The minimum Gasteiger partial charge on any atom is -0.331 e. The molecular weight excluding hydrogens is 316 g/mol. The maximum absolute atomic E-state index is 11.8. The highest BCUT2D eigenvalue weighted by Crippen LogP contribution is 2.20. The molecule has 6 nitrogen and oxygen atoms in total. The largest absolute Gasteiger partial charge is 0.331 e. The number of aromatic nitrogens is 3. The number of anilines is 1. The number of fused-ring (bicyclic) bond motifs is 1. The minimum absolute atomic E-state index is 0.0119. The summed E-state index contributed by atoms with van der Waals surface area (Å²) in [6.45, 7) is 2.56. The number of pyridine rings is 1. The summed E-state index contributed by atoms with van der Waals surface area (Å²) in [6.07, 6.45) is 3.77. The monoisotopic (exact) mass is 338 g/mol. The van der Waals surface area contributed by atoms with Gasteiger partial charge in [0.15, 0.2) is 0 Å². The summed E-state index contributed by atoms with van der Waals surface area (Å²) in [5.74, 6) is 0.921. The van der Waals surface area contributed by atoms with Crippen LogP contribution in [0.3, 0.4) is 0 Å². The van der Waals surface area contributed by atoms with Gasteiger partial charge in [0.25, 0.3) is 5.56 Å². The van der Waals surface area contributed by atoms with Gasteiger partial charge in [0, 0.05) is 44.4 Å². The summed E-state index contributed by atoms with van der Waals surface area (Å²) in [5, 5.41) is 2.90. The Morgan fingerprint density at radius 1 is 1.24 bits per heavy atom. The van der Waals surface area contributed by atoms with Crippen LogP contribution in [0.25, 0.3) is 11.0 Å². The van der Waals surface area contributed by atoms with E-state index in [-0.39, 0.29) is 11.5 Å². The van der Waals surface area contributed by atoms with Gasteiger partial charge >= 0.3 is 0 Å². The molecule has 3 aromatic rings. The third-order valence-corrected chi connectivity index (χ3v) is 4.21. The normalized spacial score (nSPS) is 11.0. The van der Waals surface area contributed by atoms with Crippen molar-refractivity contribution in [1.29, 1.82) is 0 Å². The summed E-state index contributed by atoms with van der Waals surface area (Å²) in [4.78, 5) is 28.2. The van der Waals surface area contributed by atoms with Crippen LogP contribution >= 0.6 is 0 Å². The Balaban J connectivity index is 1.80. The summed E-state index contributed by atoms with van der Waals surface area (Å²) in [7, 11) is 1.97. The highest BCUT2D eigenvalue weighted by Gasteiger charge is 2.10. The van der Waals surface area contributed by atoms with Crippen molar-refractivity contribution in [2.45, 2.75) is 32.7 Å². The van der Waals surface area contributed by atoms with Crippen LogP contribution in [-0.2, 0) is 24.8 Å². The molecule has 3 rings (SSSR count). The van der Waals surface area contributed by atoms with Crippen LogP contribution in [0.1, 0.15) is 25.6 Å². The molecule has 0 saturated carbocycles. The van der Waals surface area contributed by atoms with Gasteiger partial charge in [-0.2, -0.15) is 0 Å². The highest BCUT2D eigenvalue weighted by molar-refractivity contribution is 5.93. The van der Waals surface area contributed by atoms with E-state index in [1.807, 2.05) is 42.8 Å². The van der Waals surface area contributed by atoms with Crippen molar-refractivity contribution < 1.29 is 4.79 Å². The lowest BCUT2D eigenvalue weighted by molar-refractivity contribution is -0.116. The maximum atomic E-state index is 11.8. The van der Waals surface area contributed by atoms with Gasteiger partial charge in [-0.15, -0.1) is 0 Å². The molecule has 0 unspecified atom stereocenters. The smallest absolute Gasteiger partial charge is 0.250 e. The molecule has 6 heteroatoms. The summed E-state index contributed by atoms with van der Waals surface area (Å²) >= 11 is 0. The molecule has 25 heavy (non-hydrogen) atoms. The van der Waals surface area contributed by atoms with E-state index in [1.165, 1.54) is 0 Å². The second-order valence-electron chi connectivity index (χ2n) is 6.07. The van der Waals surface area contributed by atoms with Crippen LogP contribution < -0.4 is 10.9 Å². The predicted octanol–water partition coefficient (Wildman–Crippen LogP) is 2.72. The van der Waals surface area contributed by atoms with Crippen molar-refractivity contribution in [3.63, 3.8) is 0 Å².